The molecule has 1 saturated heterocycles. The molecule has 0 bridgehead atoms. The van der Waals surface area contributed by atoms with Gasteiger partial charge in [-0.25, -0.2) is 4.39 Å². The van der Waals surface area contributed by atoms with Crippen LogP contribution in [0.4, 0.5) is 4.39 Å². The summed E-state index contributed by atoms with van der Waals surface area (Å²) in [7, 11) is 0. The largest absolute Gasteiger partial charge is 0.391 e. The molecule has 114 valence electrons. The molecule has 1 aliphatic heterocycles. The molecule has 1 amide bonds. The fourth-order valence-corrected chi connectivity index (χ4v) is 3.26. The molecule has 0 aromatic heterocycles. The van der Waals surface area contributed by atoms with Gasteiger partial charge in [-0.1, -0.05) is 17.7 Å². The van der Waals surface area contributed by atoms with Gasteiger partial charge in [-0.2, -0.15) is 0 Å². The first-order valence-electron chi connectivity index (χ1n) is 7.18. The molecule has 4 nitrogen and oxygen atoms in total. The van der Waals surface area contributed by atoms with E-state index in [1.54, 1.807) is 12.1 Å². The molecule has 1 heterocycles. The fraction of sp³-hybridized carbons (Fsp3) is 0.533. The minimum absolute atomic E-state index is 0.0446. The molecule has 4 atom stereocenters. The average molecular weight is 313 g/mol. The van der Waals surface area contributed by atoms with E-state index in [9.17, 15) is 14.3 Å². The summed E-state index contributed by atoms with van der Waals surface area (Å²) in [5, 5.41) is 16.0. The standard InChI is InChI=1S/C15H18ClFN2O2/c16-11-2-1-3-12(17)14(11)9-4-10(9)15(21)19-6-8-5-18-7-13(8)20/h1-3,8-10,13,18,20H,4-7H2,(H,19,21). The highest BCUT2D eigenvalue weighted by atomic mass is 35.5. The van der Waals surface area contributed by atoms with Crippen molar-refractivity contribution in [2.45, 2.75) is 18.4 Å². The maximum atomic E-state index is 13.8. The van der Waals surface area contributed by atoms with Crippen LogP contribution >= 0.6 is 11.6 Å². The van der Waals surface area contributed by atoms with Gasteiger partial charge < -0.3 is 15.7 Å². The molecule has 3 rings (SSSR count). The number of benzene rings is 1. The van der Waals surface area contributed by atoms with E-state index >= 15 is 0 Å². The minimum atomic E-state index is -0.415. The number of halogens is 2. The van der Waals surface area contributed by atoms with Gasteiger partial charge in [0.1, 0.15) is 5.82 Å². The van der Waals surface area contributed by atoms with Gasteiger partial charge in [0.15, 0.2) is 0 Å². The van der Waals surface area contributed by atoms with Crippen LogP contribution in [0.2, 0.25) is 5.02 Å². The second-order valence-corrected chi connectivity index (χ2v) is 6.22. The number of aliphatic hydroxyl groups excluding tert-OH is 1. The number of β-amino-alcohol motifs (C(OH)–C–C–N with tert-alkyl or cyclic N) is 1. The van der Waals surface area contributed by atoms with E-state index in [1.807, 2.05) is 0 Å². The summed E-state index contributed by atoms with van der Waals surface area (Å²) in [6.45, 7) is 1.72. The van der Waals surface area contributed by atoms with Crippen LogP contribution in [0.25, 0.3) is 0 Å². The van der Waals surface area contributed by atoms with Crippen LogP contribution in [0.3, 0.4) is 0 Å². The summed E-state index contributed by atoms with van der Waals surface area (Å²) in [4.78, 5) is 12.1. The van der Waals surface area contributed by atoms with Crippen molar-refractivity contribution in [3.63, 3.8) is 0 Å². The quantitative estimate of drug-likeness (QED) is 0.785. The van der Waals surface area contributed by atoms with Crippen LogP contribution in [0.5, 0.6) is 0 Å². The molecule has 1 saturated carbocycles. The average Bonchev–Trinajstić information content (AvgIpc) is 3.12. The van der Waals surface area contributed by atoms with Crippen molar-refractivity contribution in [1.29, 1.82) is 0 Å². The molecular formula is C15H18ClFN2O2. The van der Waals surface area contributed by atoms with Gasteiger partial charge in [-0.05, 0) is 18.6 Å². The third kappa shape index (κ3) is 3.05. The molecule has 21 heavy (non-hydrogen) atoms. The lowest BCUT2D eigenvalue weighted by Crippen LogP contribution is -2.35. The number of aliphatic hydroxyl groups is 1. The van der Waals surface area contributed by atoms with E-state index in [0.29, 0.717) is 36.6 Å². The monoisotopic (exact) mass is 312 g/mol. The Bertz CT molecular complexity index is 534. The first-order chi connectivity index (χ1) is 10.1. The lowest BCUT2D eigenvalue weighted by molar-refractivity contribution is -0.122. The van der Waals surface area contributed by atoms with Crippen molar-refractivity contribution in [3.05, 3.63) is 34.6 Å². The molecule has 3 N–H and O–H groups in total. The molecule has 4 unspecified atom stereocenters. The number of nitrogens with one attached hydrogen (secondary N) is 2. The van der Waals surface area contributed by atoms with Crippen LogP contribution in [0.1, 0.15) is 17.9 Å². The Labute approximate surface area is 127 Å². The zero-order valence-corrected chi connectivity index (χ0v) is 12.2. The highest BCUT2D eigenvalue weighted by Crippen LogP contribution is 2.50. The summed E-state index contributed by atoms with van der Waals surface area (Å²) in [6.07, 6.45) is 0.208. The fourth-order valence-electron chi connectivity index (χ4n) is 2.96. The summed E-state index contributed by atoms with van der Waals surface area (Å²) in [6, 6.07) is 4.58. The Kier molecular flexibility index (Phi) is 4.15. The maximum absolute atomic E-state index is 13.8. The van der Waals surface area contributed by atoms with Crippen LogP contribution in [0.15, 0.2) is 18.2 Å². The first kappa shape index (κ1) is 14.8. The lowest BCUT2D eigenvalue weighted by atomic mass is 10.1. The predicted molar refractivity (Wildman–Crippen MR) is 77.6 cm³/mol. The lowest BCUT2D eigenvalue weighted by Gasteiger charge is -2.14. The van der Waals surface area contributed by atoms with Gasteiger partial charge in [0.25, 0.3) is 0 Å². The van der Waals surface area contributed by atoms with Gasteiger partial charge in [0.2, 0.25) is 5.91 Å². The number of hydrogen-bond acceptors (Lipinski definition) is 3. The number of rotatable bonds is 4. The van der Waals surface area contributed by atoms with Crippen LogP contribution in [-0.2, 0) is 4.79 Å². The minimum Gasteiger partial charge on any atom is -0.391 e. The molecule has 1 aromatic rings. The van der Waals surface area contributed by atoms with Gasteiger partial charge in [-0.3, -0.25) is 4.79 Å². The van der Waals surface area contributed by atoms with Gasteiger partial charge in [-0.15, -0.1) is 0 Å². The normalized spacial score (nSPS) is 31.2. The number of carbonyl (C=O) groups is 1. The Balaban J connectivity index is 1.56. The highest BCUT2D eigenvalue weighted by Gasteiger charge is 2.46. The van der Waals surface area contributed by atoms with Gasteiger partial charge in [0.05, 0.1) is 6.10 Å². The number of hydrogen-bond donors (Lipinski definition) is 3. The van der Waals surface area contributed by atoms with Crippen LogP contribution in [0, 0.1) is 17.7 Å². The van der Waals surface area contributed by atoms with E-state index in [1.165, 1.54) is 6.07 Å². The SMILES string of the molecule is O=C(NCC1CNCC1O)C1CC1c1c(F)cccc1Cl. The van der Waals surface area contributed by atoms with Gasteiger partial charge >= 0.3 is 0 Å². The van der Waals surface area contributed by atoms with E-state index in [0.717, 1.165) is 0 Å². The molecule has 2 aliphatic rings. The molecular weight excluding hydrogens is 295 g/mol. The third-order valence-corrected chi connectivity index (χ3v) is 4.67. The Hall–Kier alpha value is -1.17. The number of carbonyl (C=O) groups excluding carboxylic acids is 1. The second kappa shape index (κ2) is 5.91. The smallest absolute Gasteiger partial charge is 0.223 e. The third-order valence-electron chi connectivity index (χ3n) is 4.34. The van der Waals surface area contributed by atoms with Crippen molar-refractivity contribution in [3.8, 4) is 0 Å². The predicted octanol–water partition coefficient (Wildman–Crippen LogP) is 1.28. The first-order valence-corrected chi connectivity index (χ1v) is 7.56. The van der Waals surface area contributed by atoms with Crippen LogP contribution < -0.4 is 10.6 Å². The van der Waals surface area contributed by atoms with Crippen molar-refractivity contribution >= 4 is 17.5 Å². The van der Waals surface area contributed by atoms with E-state index < -0.39 is 6.10 Å². The highest BCUT2D eigenvalue weighted by molar-refractivity contribution is 6.31. The Morgan fingerprint density at radius 3 is 2.95 bits per heavy atom. The maximum Gasteiger partial charge on any atom is 0.223 e. The van der Waals surface area contributed by atoms with Crippen molar-refractivity contribution in [2.75, 3.05) is 19.6 Å². The molecule has 0 spiro atoms. The topological polar surface area (TPSA) is 61.4 Å². The van der Waals surface area contributed by atoms with E-state index in [-0.39, 0.29) is 29.5 Å². The van der Waals surface area contributed by atoms with Gasteiger partial charge in [0, 0.05) is 48.0 Å². The van der Waals surface area contributed by atoms with E-state index in [2.05, 4.69) is 10.6 Å². The Morgan fingerprint density at radius 2 is 2.29 bits per heavy atom. The zero-order valence-electron chi connectivity index (χ0n) is 11.5. The van der Waals surface area contributed by atoms with Crippen molar-refractivity contribution < 1.29 is 14.3 Å². The summed E-state index contributed by atoms with van der Waals surface area (Å²) < 4.78 is 13.8. The van der Waals surface area contributed by atoms with Crippen molar-refractivity contribution in [2.24, 2.45) is 11.8 Å². The molecule has 1 aliphatic carbocycles. The molecule has 0 radical (unpaired) electrons. The van der Waals surface area contributed by atoms with E-state index in [4.69, 9.17) is 11.6 Å². The zero-order chi connectivity index (χ0) is 15.0. The summed E-state index contributed by atoms with van der Waals surface area (Å²) in [5.41, 5.74) is 0.446. The number of amides is 1. The second-order valence-electron chi connectivity index (χ2n) is 5.81. The van der Waals surface area contributed by atoms with Crippen molar-refractivity contribution in [1.82, 2.24) is 10.6 Å². The summed E-state index contributed by atoms with van der Waals surface area (Å²) in [5.74, 6) is -0.740. The molecule has 1 aromatic carbocycles. The molecule has 2 fully saturated rings. The Morgan fingerprint density at radius 1 is 1.48 bits per heavy atom. The summed E-state index contributed by atoms with van der Waals surface area (Å²) >= 11 is 6.02. The molecule has 6 heteroatoms. The van der Waals surface area contributed by atoms with Crippen LogP contribution in [-0.4, -0.2) is 36.8 Å².